The highest BCUT2D eigenvalue weighted by molar-refractivity contribution is 6.40. The molecule has 1 aromatic heterocycles. The Hall–Kier alpha value is -2.40. The maximum absolute atomic E-state index is 4.76. The Kier molecular flexibility index (Phi) is 11.2. The Morgan fingerprint density at radius 2 is 1.08 bits per heavy atom. The van der Waals surface area contributed by atoms with Gasteiger partial charge in [-0.25, -0.2) is 0 Å². The third-order valence-corrected chi connectivity index (χ3v) is 6.67. The number of hydrogen-bond donors (Lipinski definition) is 0. The summed E-state index contributed by atoms with van der Waals surface area (Å²) in [4.78, 5) is 0. The minimum absolute atomic E-state index is 0. The second-order valence-corrected chi connectivity index (χ2v) is 10.5. The highest BCUT2D eigenvalue weighted by Crippen LogP contribution is 2.38. The van der Waals surface area contributed by atoms with Gasteiger partial charge >= 0.3 is 0 Å². The number of aromatic nitrogens is 1. The fraction of sp³-hybridized carbons (Fsp3) is 0.206. The molecule has 0 fully saturated rings. The van der Waals surface area contributed by atoms with E-state index in [1.165, 1.54) is 50.0 Å². The molecule has 0 saturated carbocycles. The van der Waals surface area contributed by atoms with Crippen molar-refractivity contribution in [3.05, 3.63) is 120 Å². The number of para-hydroxylation sites is 1. The molecule has 38 heavy (non-hydrogen) atoms. The summed E-state index contributed by atoms with van der Waals surface area (Å²) in [5.41, 5.74) is 9.04. The van der Waals surface area contributed by atoms with E-state index in [-0.39, 0.29) is 29.3 Å². The fourth-order valence-electron chi connectivity index (χ4n) is 5.03. The van der Waals surface area contributed by atoms with Gasteiger partial charge in [-0.05, 0) is 35.6 Å². The van der Waals surface area contributed by atoms with Crippen LogP contribution in [0, 0.1) is 0 Å². The Labute approximate surface area is 254 Å². The van der Waals surface area contributed by atoms with Crippen molar-refractivity contribution < 1.29 is 28.5 Å². The molecule has 0 aliphatic heterocycles. The van der Waals surface area contributed by atoms with Crippen molar-refractivity contribution in [3.8, 4) is 28.1 Å². The van der Waals surface area contributed by atoms with Crippen molar-refractivity contribution in [2.75, 3.05) is 5.34 Å². The average molecular weight is 654 g/mol. The standard InChI is InChI=1S/C33H32N.CH2Cl2.HI/c1-23(2)28-20-13-21-29(24(3)4)33(28)34-22-27-18-11-12-19-30(27)31(25-14-7-5-8-15-25)32(34)26-16-9-6-10-17-26;2-1-3;/h5-24H,1-4H3;1H2;1H/q+1;;/p-1. The molecule has 0 spiro atoms. The van der Waals surface area contributed by atoms with Crippen molar-refractivity contribution >= 4 is 34.0 Å². The lowest BCUT2D eigenvalue weighted by Crippen LogP contribution is -3.00. The largest absolute Gasteiger partial charge is 1.00 e. The maximum Gasteiger partial charge on any atom is 0.226 e. The first kappa shape index (κ1) is 30.1. The van der Waals surface area contributed by atoms with Gasteiger partial charge < -0.3 is 24.0 Å². The SMILES string of the molecule is CC(C)c1cccc(C(C)C)c1-[n+]1cc2ccccc2c(-c2ccccc2)c1-c1ccccc1.ClCCl.[I-]. The highest BCUT2D eigenvalue weighted by atomic mass is 127. The molecule has 0 radical (unpaired) electrons. The molecule has 0 N–H and O–H groups in total. The Bertz CT molecular complexity index is 1440. The third-order valence-electron chi connectivity index (χ3n) is 6.67. The lowest BCUT2D eigenvalue weighted by Gasteiger charge is -2.19. The summed E-state index contributed by atoms with van der Waals surface area (Å²) in [6.45, 7) is 9.19. The van der Waals surface area contributed by atoms with Crippen LogP contribution in [0.1, 0.15) is 50.7 Å². The van der Waals surface area contributed by atoms with Gasteiger partial charge in [0.1, 0.15) is 0 Å². The van der Waals surface area contributed by atoms with E-state index in [2.05, 4.69) is 142 Å². The predicted molar refractivity (Wildman–Crippen MR) is 161 cm³/mol. The van der Waals surface area contributed by atoms with Crippen LogP contribution in [0.2, 0.25) is 0 Å². The molecule has 0 unspecified atom stereocenters. The second kappa shape index (κ2) is 14.1. The van der Waals surface area contributed by atoms with Crippen molar-refractivity contribution in [1.82, 2.24) is 0 Å². The van der Waals surface area contributed by atoms with Gasteiger partial charge in [0, 0.05) is 27.5 Å². The zero-order valence-corrected chi connectivity index (χ0v) is 26.0. The van der Waals surface area contributed by atoms with Gasteiger partial charge in [0.2, 0.25) is 11.4 Å². The van der Waals surface area contributed by atoms with Gasteiger partial charge in [-0.2, -0.15) is 4.57 Å². The topological polar surface area (TPSA) is 3.88 Å². The van der Waals surface area contributed by atoms with Crippen LogP contribution in [-0.2, 0) is 0 Å². The highest BCUT2D eigenvalue weighted by Gasteiger charge is 2.30. The quantitative estimate of drug-likeness (QED) is 0.108. The van der Waals surface area contributed by atoms with E-state index in [1.54, 1.807) is 0 Å². The number of benzene rings is 4. The van der Waals surface area contributed by atoms with Crippen molar-refractivity contribution in [2.45, 2.75) is 39.5 Å². The van der Waals surface area contributed by atoms with Crippen LogP contribution in [0.4, 0.5) is 0 Å². The minimum atomic E-state index is 0. The van der Waals surface area contributed by atoms with Crippen LogP contribution in [0.5, 0.6) is 0 Å². The summed E-state index contributed by atoms with van der Waals surface area (Å²) in [6.07, 6.45) is 2.34. The molecule has 1 nitrogen and oxygen atoms in total. The molecular formula is C34H34Cl2IN. The normalized spacial score (nSPS) is 10.7. The third kappa shape index (κ3) is 6.42. The number of pyridine rings is 1. The van der Waals surface area contributed by atoms with Crippen LogP contribution in [-0.4, -0.2) is 5.34 Å². The van der Waals surface area contributed by atoms with Crippen LogP contribution in [0.15, 0.2) is 109 Å². The molecule has 4 heteroatoms. The molecule has 0 aliphatic carbocycles. The average Bonchev–Trinajstić information content (AvgIpc) is 2.93. The summed E-state index contributed by atoms with van der Waals surface area (Å²) in [5, 5.41) is 2.71. The van der Waals surface area contributed by atoms with E-state index < -0.39 is 0 Å². The lowest BCUT2D eigenvalue weighted by atomic mass is 9.89. The fourth-order valence-corrected chi connectivity index (χ4v) is 5.03. The Balaban J connectivity index is 0.000000956. The van der Waals surface area contributed by atoms with Crippen molar-refractivity contribution in [1.29, 1.82) is 0 Å². The predicted octanol–water partition coefficient (Wildman–Crippen LogP) is 7.12. The lowest BCUT2D eigenvalue weighted by molar-refractivity contribution is -0.583. The summed E-state index contributed by atoms with van der Waals surface area (Å²) >= 11 is 9.53. The molecule has 196 valence electrons. The number of nitrogens with zero attached hydrogens (tertiary/aromatic N) is 1. The first-order valence-electron chi connectivity index (χ1n) is 12.8. The minimum Gasteiger partial charge on any atom is -1.00 e. The molecule has 5 rings (SSSR count). The van der Waals surface area contributed by atoms with E-state index >= 15 is 0 Å². The molecule has 0 amide bonds. The van der Waals surface area contributed by atoms with Gasteiger partial charge in [-0.3, -0.25) is 0 Å². The van der Waals surface area contributed by atoms with Crippen molar-refractivity contribution in [3.63, 3.8) is 0 Å². The second-order valence-electron chi connectivity index (χ2n) is 9.74. The van der Waals surface area contributed by atoms with Gasteiger partial charge in [-0.15, -0.1) is 23.2 Å². The molecule has 0 bridgehead atoms. The van der Waals surface area contributed by atoms with Gasteiger partial charge in [0.05, 0.1) is 10.9 Å². The molecule has 0 aliphatic rings. The maximum atomic E-state index is 4.76. The van der Waals surface area contributed by atoms with Crippen molar-refractivity contribution in [2.24, 2.45) is 0 Å². The zero-order chi connectivity index (χ0) is 26.4. The summed E-state index contributed by atoms with van der Waals surface area (Å²) in [7, 11) is 0. The molecule has 0 atom stereocenters. The van der Waals surface area contributed by atoms with E-state index in [1.807, 2.05) is 0 Å². The zero-order valence-electron chi connectivity index (χ0n) is 22.3. The van der Waals surface area contributed by atoms with Gasteiger partial charge in [0.25, 0.3) is 0 Å². The van der Waals surface area contributed by atoms with Gasteiger partial charge in [-0.1, -0.05) is 113 Å². The number of fused-ring (bicyclic) bond motifs is 1. The Morgan fingerprint density at radius 1 is 0.605 bits per heavy atom. The van der Waals surface area contributed by atoms with Crippen LogP contribution in [0.25, 0.3) is 38.8 Å². The van der Waals surface area contributed by atoms with E-state index in [0.29, 0.717) is 11.8 Å². The number of halogens is 3. The molecule has 5 aromatic rings. The Morgan fingerprint density at radius 3 is 1.61 bits per heavy atom. The molecule has 1 heterocycles. The monoisotopic (exact) mass is 653 g/mol. The summed E-state index contributed by atoms with van der Waals surface area (Å²) < 4.78 is 2.48. The van der Waals surface area contributed by atoms with Crippen LogP contribution < -0.4 is 28.5 Å². The molecular weight excluding hydrogens is 620 g/mol. The molecule has 0 saturated heterocycles. The first-order chi connectivity index (χ1) is 18.0. The van der Waals surface area contributed by atoms with E-state index in [4.69, 9.17) is 23.2 Å². The van der Waals surface area contributed by atoms with Crippen LogP contribution in [0.3, 0.4) is 0 Å². The molecule has 4 aromatic carbocycles. The number of alkyl halides is 2. The smallest absolute Gasteiger partial charge is 0.226 e. The van der Waals surface area contributed by atoms with Crippen LogP contribution >= 0.6 is 23.2 Å². The first-order valence-corrected chi connectivity index (χ1v) is 13.9. The van der Waals surface area contributed by atoms with E-state index in [9.17, 15) is 0 Å². The number of hydrogen-bond acceptors (Lipinski definition) is 0. The summed E-state index contributed by atoms with van der Waals surface area (Å²) in [6, 6.07) is 37.3. The van der Waals surface area contributed by atoms with Gasteiger partial charge in [0.15, 0.2) is 6.20 Å². The van der Waals surface area contributed by atoms with E-state index in [0.717, 1.165) is 0 Å². The summed E-state index contributed by atoms with van der Waals surface area (Å²) in [5.74, 6) is 0.827. The number of rotatable bonds is 5.